The Hall–Kier alpha value is -1.84. The number of carbonyl (C=O) groups is 2. The number of rotatable bonds is 3. The van der Waals surface area contributed by atoms with Crippen LogP contribution in [-0.4, -0.2) is 36.5 Å². The van der Waals surface area contributed by atoms with Gasteiger partial charge in [-0.2, -0.15) is 0 Å². The normalized spacial score (nSPS) is 13.4. The molecule has 0 unspecified atom stereocenters. The number of nitrogens with zero attached hydrogens (tertiary/aromatic N) is 1. The number of hydrogen-bond donors (Lipinski definition) is 0. The molecule has 1 fully saturated rings. The highest BCUT2D eigenvalue weighted by molar-refractivity contribution is 5.91. The Morgan fingerprint density at radius 1 is 1.10 bits per heavy atom. The van der Waals surface area contributed by atoms with Gasteiger partial charge in [0.1, 0.15) is 0 Å². The van der Waals surface area contributed by atoms with Gasteiger partial charge in [-0.05, 0) is 31.9 Å². The molecule has 1 aliphatic rings. The molecule has 2 rings (SSSR count). The number of likely N-dealkylation sites (tertiary alicyclic amines) is 1. The van der Waals surface area contributed by atoms with E-state index >= 15 is 0 Å². The van der Waals surface area contributed by atoms with Crippen molar-refractivity contribution in [3.8, 4) is 0 Å². The minimum absolute atomic E-state index is 0.104. The predicted octanol–water partition coefficient (Wildman–Crippen LogP) is 3.19. The summed E-state index contributed by atoms with van der Waals surface area (Å²) in [5, 5.41) is 0. The van der Waals surface area contributed by atoms with Gasteiger partial charge in [0, 0.05) is 13.1 Å². The van der Waals surface area contributed by atoms with Gasteiger partial charge >= 0.3 is 5.97 Å². The molecular formula is C17H25NO3. The second-order valence-electron chi connectivity index (χ2n) is 5.24. The van der Waals surface area contributed by atoms with Gasteiger partial charge in [-0.25, -0.2) is 4.79 Å². The van der Waals surface area contributed by atoms with Gasteiger partial charge in [0.2, 0.25) is 0 Å². The predicted molar refractivity (Wildman–Crippen MR) is 83.2 cm³/mol. The van der Waals surface area contributed by atoms with Crippen LogP contribution in [-0.2, 0) is 9.53 Å². The highest BCUT2D eigenvalue weighted by Gasteiger charge is 2.19. The second-order valence-corrected chi connectivity index (χ2v) is 5.24. The average molecular weight is 291 g/mol. The molecule has 1 aromatic rings. The molecule has 0 N–H and O–H groups in total. The van der Waals surface area contributed by atoms with E-state index in [1.54, 1.807) is 17.0 Å². The van der Waals surface area contributed by atoms with E-state index in [0.29, 0.717) is 5.56 Å². The summed E-state index contributed by atoms with van der Waals surface area (Å²) in [7, 11) is 0. The van der Waals surface area contributed by atoms with Gasteiger partial charge in [0.25, 0.3) is 5.91 Å². The van der Waals surface area contributed by atoms with Crippen LogP contribution in [0.25, 0.3) is 0 Å². The first-order chi connectivity index (χ1) is 10.1. The summed E-state index contributed by atoms with van der Waals surface area (Å²) in [6.45, 7) is 7.60. The molecule has 1 heterocycles. The molecule has 0 aliphatic carbocycles. The monoisotopic (exact) mass is 291 g/mol. The molecule has 0 aromatic heterocycles. The lowest BCUT2D eigenvalue weighted by Gasteiger charge is -2.14. The van der Waals surface area contributed by atoms with Gasteiger partial charge in [-0.3, -0.25) is 4.79 Å². The summed E-state index contributed by atoms with van der Waals surface area (Å²) in [6, 6.07) is 7.10. The molecule has 4 nitrogen and oxygen atoms in total. The summed E-state index contributed by atoms with van der Waals surface area (Å²) < 4.78 is 5.01. The number of aryl methyl sites for hydroxylation is 1. The van der Waals surface area contributed by atoms with Crippen LogP contribution in [0.15, 0.2) is 24.3 Å². The van der Waals surface area contributed by atoms with Crippen LogP contribution in [0.2, 0.25) is 0 Å². The third-order valence-electron chi connectivity index (χ3n) is 3.07. The zero-order valence-electron chi connectivity index (χ0n) is 13.2. The van der Waals surface area contributed by atoms with E-state index in [4.69, 9.17) is 4.74 Å². The molecule has 116 valence electrons. The van der Waals surface area contributed by atoms with E-state index in [2.05, 4.69) is 13.8 Å². The number of carbonyl (C=O) groups excluding carboxylic acids is 2. The van der Waals surface area contributed by atoms with E-state index in [1.165, 1.54) is 6.42 Å². The van der Waals surface area contributed by atoms with Crippen molar-refractivity contribution < 1.29 is 14.3 Å². The smallest absolute Gasteiger partial charge is 0.338 e. The third kappa shape index (κ3) is 5.98. The van der Waals surface area contributed by atoms with Crippen LogP contribution in [0.3, 0.4) is 0 Å². The number of hydrogen-bond acceptors (Lipinski definition) is 3. The first kappa shape index (κ1) is 17.2. The van der Waals surface area contributed by atoms with Crippen molar-refractivity contribution in [1.29, 1.82) is 0 Å². The fraction of sp³-hybridized carbons (Fsp3) is 0.529. The lowest BCUT2D eigenvalue weighted by atomic mass is 10.1. The SMILES string of the molecule is CCC.Cc1ccc(C(=O)OCC(=O)N2CCCC2)cc1. The van der Waals surface area contributed by atoms with Gasteiger partial charge in [-0.15, -0.1) is 0 Å². The topological polar surface area (TPSA) is 46.6 Å². The molecule has 0 bridgehead atoms. The van der Waals surface area contributed by atoms with E-state index in [9.17, 15) is 9.59 Å². The summed E-state index contributed by atoms with van der Waals surface area (Å²) in [5.41, 5.74) is 1.56. The first-order valence-electron chi connectivity index (χ1n) is 7.60. The molecule has 21 heavy (non-hydrogen) atoms. The quantitative estimate of drug-likeness (QED) is 0.803. The number of esters is 1. The Bertz CT molecular complexity index is 448. The Morgan fingerprint density at radius 2 is 1.62 bits per heavy atom. The number of amides is 1. The van der Waals surface area contributed by atoms with Crippen LogP contribution in [0.1, 0.15) is 49.0 Å². The summed E-state index contributed by atoms with van der Waals surface area (Å²) >= 11 is 0. The molecule has 0 saturated carbocycles. The van der Waals surface area contributed by atoms with Crippen molar-refractivity contribution in [1.82, 2.24) is 4.90 Å². The molecule has 0 radical (unpaired) electrons. The molecule has 0 atom stereocenters. The Kier molecular flexibility index (Phi) is 7.51. The first-order valence-corrected chi connectivity index (χ1v) is 7.60. The van der Waals surface area contributed by atoms with Crippen LogP contribution >= 0.6 is 0 Å². The maximum absolute atomic E-state index is 11.7. The van der Waals surface area contributed by atoms with Crippen molar-refractivity contribution in [2.75, 3.05) is 19.7 Å². The minimum Gasteiger partial charge on any atom is -0.452 e. The largest absolute Gasteiger partial charge is 0.452 e. The Labute approximate surface area is 127 Å². The Morgan fingerprint density at radius 3 is 2.14 bits per heavy atom. The lowest BCUT2D eigenvalue weighted by molar-refractivity contribution is -0.133. The summed E-state index contributed by atoms with van der Waals surface area (Å²) in [5.74, 6) is -0.546. The Balaban J connectivity index is 0.000000677. The molecule has 1 aromatic carbocycles. The maximum atomic E-state index is 11.7. The van der Waals surface area contributed by atoms with E-state index in [0.717, 1.165) is 31.5 Å². The van der Waals surface area contributed by atoms with Crippen molar-refractivity contribution in [2.45, 2.75) is 40.0 Å². The third-order valence-corrected chi connectivity index (χ3v) is 3.07. The van der Waals surface area contributed by atoms with Crippen molar-refractivity contribution >= 4 is 11.9 Å². The fourth-order valence-corrected chi connectivity index (χ4v) is 1.96. The van der Waals surface area contributed by atoms with Crippen LogP contribution in [0, 0.1) is 6.92 Å². The van der Waals surface area contributed by atoms with Crippen molar-refractivity contribution in [2.24, 2.45) is 0 Å². The zero-order chi connectivity index (χ0) is 15.7. The average Bonchev–Trinajstić information content (AvgIpc) is 3.00. The standard InChI is InChI=1S/C14H17NO3.C3H8/c1-11-4-6-12(7-5-11)14(17)18-10-13(16)15-8-2-3-9-15;1-3-2/h4-7H,2-3,8-10H2,1H3;3H2,1-2H3. The summed E-state index contributed by atoms with van der Waals surface area (Å²) in [4.78, 5) is 25.1. The van der Waals surface area contributed by atoms with Gasteiger partial charge < -0.3 is 9.64 Å². The summed E-state index contributed by atoms with van der Waals surface area (Å²) in [6.07, 6.45) is 3.33. The number of benzene rings is 1. The van der Waals surface area contributed by atoms with Crippen molar-refractivity contribution in [3.05, 3.63) is 35.4 Å². The molecule has 1 amide bonds. The molecule has 1 saturated heterocycles. The molecule has 1 aliphatic heterocycles. The fourth-order valence-electron chi connectivity index (χ4n) is 1.96. The van der Waals surface area contributed by atoms with Gasteiger partial charge in [0.15, 0.2) is 6.61 Å². The molecule has 0 spiro atoms. The maximum Gasteiger partial charge on any atom is 0.338 e. The van der Waals surface area contributed by atoms with E-state index < -0.39 is 5.97 Å². The van der Waals surface area contributed by atoms with Crippen molar-refractivity contribution in [3.63, 3.8) is 0 Å². The van der Waals surface area contributed by atoms with Gasteiger partial charge in [0.05, 0.1) is 5.56 Å². The van der Waals surface area contributed by atoms with E-state index in [-0.39, 0.29) is 12.5 Å². The number of ether oxygens (including phenoxy) is 1. The lowest BCUT2D eigenvalue weighted by Crippen LogP contribution is -2.32. The molecule has 4 heteroatoms. The zero-order valence-corrected chi connectivity index (χ0v) is 13.2. The van der Waals surface area contributed by atoms with Crippen LogP contribution < -0.4 is 0 Å². The highest BCUT2D eigenvalue weighted by atomic mass is 16.5. The van der Waals surface area contributed by atoms with E-state index in [1.807, 2.05) is 19.1 Å². The highest BCUT2D eigenvalue weighted by Crippen LogP contribution is 2.08. The van der Waals surface area contributed by atoms with Crippen LogP contribution in [0.5, 0.6) is 0 Å². The minimum atomic E-state index is -0.442. The van der Waals surface area contributed by atoms with Crippen LogP contribution in [0.4, 0.5) is 0 Å². The van der Waals surface area contributed by atoms with Gasteiger partial charge in [-0.1, -0.05) is 38.0 Å². The second kappa shape index (κ2) is 9.16. The molecular weight excluding hydrogens is 266 g/mol.